The maximum atomic E-state index is 12.7. The van der Waals surface area contributed by atoms with E-state index in [0.29, 0.717) is 12.2 Å². The van der Waals surface area contributed by atoms with Crippen LogP contribution in [0.5, 0.6) is 0 Å². The number of imidazole rings is 1. The van der Waals surface area contributed by atoms with Gasteiger partial charge in [0.15, 0.2) is 5.82 Å². The molecular weight excluding hydrogens is 386 g/mol. The van der Waals surface area contributed by atoms with Gasteiger partial charge >= 0.3 is 0 Å². The van der Waals surface area contributed by atoms with E-state index in [0.717, 1.165) is 39.3 Å². The van der Waals surface area contributed by atoms with Crippen LogP contribution in [0.1, 0.15) is 47.5 Å². The Balaban J connectivity index is 1.99. The Kier molecular flexibility index (Phi) is 8.81. The van der Waals surface area contributed by atoms with Crippen molar-refractivity contribution in [2.24, 2.45) is 5.92 Å². The van der Waals surface area contributed by atoms with E-state index >= 15 is 0 Å². The summed E-state index contributed by atoms with van der Waals surface area (Å²) in [4.78, 5) is 31.6. The topological polar surface area (TPSA) is 109 Å². The molecule has 1 aliphatic heterocycles. The quantitative estimate of drug-likeness (QED) is 0.522. The van der Waals surface area contributed by atoms with Crippen LogP contribution in [-0.2, 0) is 19.9 Å². The van der Waals surface area contributed by atoms with Crippen molar-refractivity contribution in [3.05, 3.63) is 12.5 Å². The average Bonchev–Trinajstić information content (AvgIpc) is 3.16. The minimum atomic E-state index is -1.14. The Morgan fingerprint density at radius 1 is 1.27 bits per heavy atom. The lowest BCUT2D eigenvalue weighted by Crippen LogP contribution is -2.48. The molecule has 0 aliphatic carbocycles. The summed E-state index contributed by atoms with van der Waals surface area (Å²) in [5.41, 5.74) is -0.203. The normalized spacial score (nSPS) is 17.6. The predicted molar refractivity (Wildman–Crippen MR) is 115 cm³/mol. The van der Waals surface area contributed by atoms with Gasteiger partial charge in [0.2, 0.25) is 11.8 Å². The summed E-state index contributed by atoms with van der Waals surface area (Å²) < 4.78 is 7.41. The second kappa shape index (κ2) is 10.9. The number of aliphatic hydroxyl groups excluding tert-OH is 1. The number of aromatic nitrogens is 2. The number of morpholine rings is 1. The summed E-state index contributed by atoms with van der Waals surface area (Å²) in [6, 6.07) is -0.720. The molecule has 9 nitrogen and oxygen atoms in total. The largest absolute Gasteiger partial charge is 0.383 e. The molecule has 2 heterocycles. The highest BCUT2D eigenvalue weighted by Crippen LogP contribution is 2.20. The summed E-state index contributed by atoms with van der Waals surface area (Å²) >= 11 is 0. The zero-order valence-corrected chi connectivity index (χ0v) is 18.9. The fourth-order valence-corrected chi connectivity index (χ4v) is 3.44. The molecule has 9 heteroatoms. The summed E-state index contributed by atoms with van der Waals surface area (Å²) in [6.45, 7) is 13.9. The lowest BCUT2D eigenvalue weighted by molar-refractivity contribution is -0.134. The number of aliphatic hydroxyl groups is 1. The van der Waals surface area contributed by atoms with E-state index in [9.17, 15) is 14.7 Å². The standard InChI is InChI=1S/C21H37N5O4/c1-6-7-16(23-20(29)18(27)15(2)3)19(28)24-17-12-26(14-22-17)21(4,5)13-25-8-10-30-11-9-25/h12,14-16,18,27H,6-11,13H2,1-5H3,(H,23,29)(H,24,28). The number of carbonyl (C=O) groups excluding carboxylic acids is 2. The Labute approximate surface area is 179 Å². The van der Waals surface area contributed by atoms with Crippen molar-refractivity contribution in [2.45, 2.75) is 65.1 Å². The first-order valence-corrected chi connectivity index (χ1v) is 10.8. The van der Waals surface area contributed by atoms with Crippen molar-refractivity contribution in [3.63, 3.8) is 0 Å². The molecule has 1 aliphatic rings. The first kappa shape index (κ1) is 24.3. The van der Waals surface area contributed by atoms with Gasteiger partial charge in [-0.2, -0.15) is 0 Å². The summed E-state index contributed by atoms with van der Waals surface area (Å²) in [6.07, 6.45) is 3.58. The third-order valence-corrected chi connectivity index (χ3v) is 5.36. The van der Waals surface area contributed by atoms with Gasteiger partial charge < -0.3 is 25.0 Å². The molecule has 0 spiro atoms. The first-order chi connectivity index (χ1) is 14.1. The van der Waals surface area contributed by atoms with Gasteiger partial charge in [-0.05, 0) is 26.2 Å². The van der Waals surface area contributed by atoms with Crippen LogP contribution in [-0.4, -0.2) is 76.4 Å². The van der Waals surface area contributed by atoms with Crippen LogP contribution in [0.15, 0.2) is 12.5 Å². The van der Waals surface area contributed by atoms with Crippen LogP contribution < -0.4 is 10.6 Å². The van der Waals surface area contributed by atoms with Crippen LogP contribution >= 0.6 is 0 Å². The number of hydrogen-bond acceptors (Lipinski definition) is 6. The summed E-state index contributed by atoms with van der Waals surface area (Å²) in [5, 5.41) is 15.4. The van der Waals surface area contributed by atoms with Crippen molar-refractivity contribution >= 4 is 17.6 Å². The second-order valence-electron chi connectivity index (χ2n) is 8.90. The molecule has 2 unspecified atom stereocenters. The number of amides is 2. The number of rotatable bonds is 10. The van der Waals surface area contributed by atoms with Crippen molar-refractivity contribution in [2.75, 3.05) is 38.2 Å². The summed E-state index contributed by atoms with van der Waals surface area (Å²) in [5.74, 6) is -0.650. The zero-order valence-electron chi connectivity index (χ0n) is 18.9. The molecule has 1 fully saturated rings. The van der Waals surface area contributed by atoms with Gasteiger partial charge in [-0.15, -0.1) is 0 Å². The lowest BCUT2D eigenvalue weighted by atomic mass is 10.0. The zero-order chi connectivity index (χ0) is 22.3. The fraction of sp³-hybridized carbons (Fsp3) is 0.762. The molecule has 2 amide bonds. The van der Waals surface area contributed by atoms with E-state index in [1.807, 2.05) is 17.7 Å². The maximum absolute atomic E-state index is 12.7. The Hall–Kier alpha value is -1.97. The van der Waals surface area contributed by atoms with E-state index in [2.05, 4.69) is 34.4 Å². The number of hydrogen-bond donors (Lipinski definition) is 3. The van der Waals surface area contributed by atoms with Gasteiger partial charge in [-0.25, -0.2) is 4.98 Å². The van der Waals surface area contributed by atoms with E-state index in [-0.39, 0.29) is 17.4 Å². The van der Waals surface area contributed by atoms with Gasteiger partial charge in [0.25, 0.3) is 0 Å². The monoisotopic (exact) mass is 423 g/mol. The molecule has 0 aromatic carbocycles. The molecule has 3 N–H and O–H groups in total. The van der Waals surface area contributed by atoms with Crippen molar-refractivity contribution in [3.8, 4) is 0 Å². The highest BCUT2D eigenvalue weighted by molar-refractivity contribution is 5.97. The maximum Gasteiger partial charge on any atom is 0.249 e. The van der Waals surface area contributed by atoms with Crippen molar-refractivity contribution in [1.29, 1.82) is 0 Å². The van der Waals surface area contributed by atoms with E-state index in [4.69, 9.17) is 4.74 Å². The first-order valence-electron chi connectivity index (χ1n) is 10.8. The number of ether oxygens (including phenoxy) is 1. The molecule has 1 aromatic heterocycles. The summed E-state index contributed by atoms with van der Waals surface area (Å²) in [7, 11) is 0. The molecule has 1 aromatic rings. The van der Waals surface area contributed by atoms with Crippen LogP contribution in [0.2, 0.25) is 0 Å². The van der Waals surface area contributed by atoms with E-state index in [1.165, 1.54) is 0 Å². The fourth-order valence-electron chi connectivity index (χ4n) is 3.44. The van der Waals surface area contributed by atoms with Crippen LogP contribution in [0.3, 0.4) is 0 Å². The molecule has 1 saturated heterocycles. The number of carbonyl (C=O) groups is 2. The molecular formula is C21H37N5O4. The van der Waals surface area contributed by atoms with Gasteiger partial charge in [0, 0.05) is 25.8 Å². The van der Waals surface area contributed by atoms with E-state index in [1.54, 1.807) is 20.2 Å². The van der Waals surface area contributed by atoms with Crippen LogP contribution in [0, 0.1) is 5.92 Å². The number of anilines is 1. The van der Waals surface area contributed by atoms with Crippen LogP contribution in [0.25, 0.3) is 0 Å². The minimum Gasteiger partial charge on any atom is -0.383 e. The molecule has 0 radical (unpaired) electrons. The SMILES string of the molecule is CCCC(NC(=O)C(O)C(C)C)C(=O)Nc1cn(C(C)(C)CN2CCOCC2)cn1. The predicted octanol–water partition coefficient (Wildman–Crippen LogP) is 1.19. The molecule has 170 valence electrons. The molecule has 2 rings (SSSR count). The average molecular weight is 424 g/mol. The highest BCUT2D eigenvalue weighted by atomic mass is 16.5. The lowest BCUT2D eigenvalue weighted by Gasteiger charge is -2.35. The Morgan fingerprint density at radius 2 is 1.93 bits per heavy atom. The van der Waals surface area contributed by atoms with Crippen molar-refractivity contribution in [1.82, 2.24) is 19.8 Å². The third-order valence-electron chi connectivity index (χ3n) is 5.36. The molecule has 30 heavy (non-hydrogen) atoms. The highest BCUT2D eigenvalue weighted by Gasteiger charge is 2.28. The third kappa shape index (κ3) is 6.78. The Bertz CT molecular complexity index is 697. The van der Waals surface area contributed by atoms with E-state index < -0.39 is 18.1 Å². The molecule has 0 bridgehead atoms. The number of nitrogens with one attached hydrogen (secondary N) is 2. The van der Waals surface area contributed by atoms with Crippen molar-refractivity contribution < 1.29 is 19.4 Å². The smallest absolute Gasteiger partial charge is 0.249 e. The van der Waals surface area contributed by atoms with Gasteiger partial charge in [-0.3, -0.25) is 14.5 Å². The van der Waals surface area contributed by atoms with Gasteiger partial charge in [-0.1, -0.05) is 27.2 Å². The minimum absolute atomic E-state index is 0.203. The van der Waals surface area contributed by atoms with Gasteiger partial charge in [0.05, 0.1) is 25.1 Å². The molecule has 2 atom stereocenters. The van der Waals surface area contributed by atoms with Crippen LogP contribution in [0.4, 0.5) is 5.82 Å². The van der Waals surface area contributed by atoms with Gasteiger partial charge in [0.1, 0.15) is 12.1 Å². The second-order valence-corrected chi connectivity index (χ2v) is 8.90. The molecule has 0 saturated carbocycles. The Morgan fingerprint density at radius 3 is 2.53 bits per heavy atom. The number of nitrogens with zero attached hydrogens (tertiary/aromatic N) is 3.